The zero-order valence-electron chi connectivity index (χ0n) is 12.3. The maximum Gasteiger partial charge on any atom is 0.253 e. The number of aryl methyl sites for hydroxylation is 1. The van der Waals surface area contributed by atoms with Gasteiger partial charge in [-0.3, -0.25) is 4.79 Å². The molecule has 0 fully saturated rings. The smallest absolute Gasteiger partial charge is 0.253 e. The first-order chi connectivity index (χ1) is 10.1. The average Bonchev–Trinajstić information content (AvgIpc) is 2.47. The molecular weight excluding hydrogens is 264 g/mol. The van der Waals surface area contributed by atoms with Crippen LogP contribution in [0.5, 0.6) is 5.75 Å². The van der Waals surface area contributed by atoms with Gasteiger partial charge < -0.3 is 15.8 Å². The number of nitrogens with one attached hydrogen (secondary N) is 1. The zero-order chi connectivity index (χ0) is 15.2. The second-order valence-electron chi connectivity index (χ2n) is 4.94. The maximum absolute atomic E-state index is 12.1. The first-order valence-electron chi connectivity index (χ1n) is 6.87. The molecule has 0 spiro atoms. The third-order valence-electron chi connectivity index (χ3n) is 3.31. The molecule has 2 aromatic carbocycles. The van der Waals surface area contributed by atoms with E-state index < -0.39 is 0 Å². The van der Waals surface area contributed by atoms with Crippen molar-refractivity contribution in [3.8, 4) is 5.75 Å². The van der Waals surface area contributed by atoms with Crippen LogP contribution in [0.1, 0.15) is 21.5 Å². The van der Waals surface area contributed by atoms with Crippen molar-refractivity contribution in [1.29, 1.82) is 0 Å². The SMILES string of the molecule is COc1ccc(CCNC(=O)c2ccc(C)cc2N)cc1. The Morgan fingerprint density at radius 2 is 1.90 bits per heavy atom. The van der Waals surface area contributed by atoms with E-state index in [4.69, 9.17) is 10.5 Å². The number of methoxy groups -OCH3 is 1. The number of benzene rings is 2. The Morgan fingerprint density at radius 3 is 2.52 bits per heavy atom. The number of rotatable bonds is 5. The summed E-state index contributed by atoms with van der Waals surface area (Å²) in [6.07, 6.45) is 0.765. The van der Waals surface area contributed by atoms with Gasteiger partial charge in [0.15, 0.2) is 0 Å². The van der Waals surface area contributed by atoms with E-state index in [1.165, 1.54) is 0 Å². The van der Waals surface area contributed by atoms with Crippen LogP contribution in [-0.2, 0) is 6.42 Å². The first-order valence-corrected chi connectivity index (χ1v) is 6.87. The third-order valence-corrected chi connectivity index (χ3v) is 3.31. The van der Waals surface area contributed by atoms with Crippen LogP contribution in [0.3, 0.4) is 0 Å². The van der Waals surface area contributed by atoms with Crippen LogP contribution < -0.4 is 15.8 Å². The molecular formula is C17H20N2O2. The van der Waals surface area contributed by atoms with Crippen LogP contribution >= 0.6 is 0 Å². The molecule has 0 aliphatic carbocycles. The van der Waals surface area contributed by atoms with Crippen molar-refractivity contribution in [2.75, 3.05) is 19.4 Å². The van der Waals surface area contributed by atoms with Gasteiger partial charge in [-0.25, -0.2) is 0 Å². The van der Waals surface area contributed by atoms with Crippen LogP contribution in [0, 0.1) is 6.92 Å². The Labute approximate surface area is 124 Å². The van der Waals surface area contributed by atoms with E-state index in [9.17, 15) is 4.79 Å². The maximum atomic E-state index is 12.1. The van der Waals surface area contributed by atoms with E-state index in [2.05, 4.69) is 5.32 Å². The minimum Gasteiger partial charge on any atom is -0.497 e. The fourth-order valence-corrected chi connectivity index (χ4v) is 2.10. The molecule has 0 bridgehead atoms. The summed E-state index contributed by atoms with van der Waals surface area (Å²) in [6.45, 7) is 2.51. The van der Waals surface area contributed by atoms with E-state index in [0.29, 0.717) is 17.8 Å². The van der Waals surface area contributed by atoms with Crippen molar-refractivity contribution >= 4 is 11.6 Å². The quantitative estimate of drug-likeness (QED) is 0.829. The number of amides is 1. The van der Waals surface area contributed by atoms with Crippen LogP contribution in [0.25, 0.3) is 0 Å². The van der Waals surface area contributed by atoms with Gasteiger partial charge >= 0.3 is 0 Å². The van der Waals surface area contributed by atoms with Crippen LogP contribution in [-0.4, -0.2) is 19.6 Å². The van der Waals surface area contributed by atoms with Crippen molar-refractivity contribution in [1.82, 2.24) is 5.32 Å². The number of hydrogen-bond acceptors (Lipinski definition) is 3. The summed E-state index contributed by atoms with van der Waals surface area (Å²) in [5.41, 5.74) is 9.09. The predicted molar refractivity (Wildman–Crippen MR) is 84.6 cm³/mol. The van der Waals surface area contributed by atoms with E-state index in [1.54, 1.807) is 19.2 Å². The summed E-state index contributed by atoms with van der Waals surface area (Å²) in [7, 11) is 1.64. The highest BCUT2D eigenvalue weighted by Gasteiger charge is 2.08. The highest BCUT2D eigenvalue weighted by Crippen LogP contribution is 2.14. The topological polar surface area (TPSA) is 64.3 Å². The van der Waals surface area contributed by atoms with Gasteiger partial charge in [0, 0.05) is 12.2 Å². The highest BCUT2D eigenvalue weighted by atomic mass is 16.5. The lowest BCUT2D eigenvalue weighted by atomic mass is 10.1. The molecule has 0 atom stereocenters. The van der Waals surface area contributed by atoms with Gasteiger partial charge in [0.1, 0.15) is 5.75 Å². The Kier molecular flexibility index (Phi) is 4.82. The number of nitrogens with two attached hydrogens (primary N) is 1. The van der Waals surface area contributed by atoms with Gasteiger partial charge in [-0.2, -0.15) is 0 Å². The second-order valence-corrected chi connectivity index (χ2v) is 4.94. The van der Waals surface area contributed by atoms with Gasteiger partial charge in [-0.1, -0.05) is 18.2 Å². The summed E-state index contributed by atoms with van der Waals surface area (Å²) in [5, 5.41) is 2.89. The molecule has 0 aliphatic heterocycles. The molecule has 4 nitrogen and oxygen atoms in total. The number of ether oxygens (including phenoxy) is 1. The Morgan fingerprint density at radius 1 is 1.19 bits per heavy atom. The molecule has 21 heavy (non-hydrogen) atoms. The van der Waals surface area contributed by atoms with E-state index in [-0.39, 0.29) is 5.91 Å². The molecule has 110 valence electrons. The number of hydrogen-bond donors (Lipinski definition) is 2. The summed E-state index contributed by atoms with van der Waals surface area (Å²) in [5.74, 6) is 0.691. The lowest BCUT2D eigenvalue weighted by molar-refractivity contribution is 0.0955. The van der Waals surface area contributed by atoms with Gasteiger partial charge in [0.25, 0.3) is 5.91 Å². The van der Waals surface area contributed by atoms with E-state index in [0.717, 1.165) is 23.3 Å². The van der Waals surface area contributed by atoms with Crippen molar-refractivity contribution in [3.05, 3.63) is 59.2 Å². The number of carbonyl (C=O) groups excluding carboxylic acids is 1. The van der Waals surface area contributed by atoms with Crippen LogP contribution in [0.2, 0.25) is 0 Å². The lowest BCUT2D eigenvalue weighted by Gasteiger charge is -2.08. The molecule has 0 unspecified atom stereocenters. The standard InChI is InChI=1S/C17H20N2O2/c1-12-3-8-15(16(18)11-12)17(20)19-10-9-13-4-6-14(21-2)7-5-13/h3-8,11H,9-10,18H2,1-2H3,(H,19,20). The summed E-state index contributed by atoms with van der Waals surface area (Å²) in [6, 6.07) is 13.3. The minimum absolute atomic E-state index is 0.138. The molecule has 3 N–H and O–H groups in total. The van der Waals surface area contributed by atoms with Gasteiger partial charge in [-0.05, 0) is 48.7 Å². The first kappa shape index (κ1) is 14.9. The van der Waals surface area contributed by atoms with Gasteiger partial charge in [0.2, 0.25) is 0 Å². The van der Waals surface area contributed by atoms with E-state index >= 15 is 0 Å². The monoisotopic (exact) mass is 284 g/mol. The van der Waals surface area contributed by atoms with Gasteiger partial charge in [0.05, 0.1) is 12.7 Å². The molecule has 0 aliphatic rings. The molecule has 4 heteroatoms. The summed E-state index contributed by atoms with van der Waals surface area (Å²) >= 11 is 0. The molecule has 0 saturated heterocycles. The molecule has 2 rings (SSSR count). The van der Waals surface area contributed by atoms with Gasteiger partial charge in [-0.15, -0.1) is 0 Å². The molecule has 0 radical (unpaired) electrons. The summed E-state index contributed by atoms with van der Waals surface area (Å²) in [4.78, 5) is 12.1. The van der Waals surface area contributed by atoms with E-state index in [1.807, 2.05) is 37.3 Å². The van der Waals surface area contributed by atoms with Crippen molar-refractivity contribution < 1.29 is 9.53 Å². The lowest BCUT2D eigenvalue weighted by Crippen LogP contribution is -2.26. The van der Waals surface area contributed by atoms with Crippen molar-refractivity contribution in [2.45, 2.75) is 13.3 Å². The molecule has 0 aromatic heterocycles. The number of nitrogen functional groups attached to an aromatic ring is 1. The molecule has 1 amide bonds. The fourth-order valence-electron chi connectivity index (χ4n) is 2.10. The minimum atomic E-state index is -0.138. The zero-order valence-corrected chi connectivity index (χ0v) is 12.3. The number of carbonyl (C=O) groups is 1. The number of anilines is 1. The van der Waals surface area contributed by atoms with Crippen LogP contribution in [0.4, 0.5) is 5.69 Å². The normalized spacial score (nSPS) is 10.2. The van der Waals surface area contributed by atoms with Crippen molar-refractivity contribution in [2.24, 2.45) is 0 Å². The second kappa shape index (κ2) is 6.79. The predicted octanol–water partition coefficient (Wildman–Crippen LogP) is 2.56. The Bertz CT molecular complexity index is 621. The third kappa shape index (κ3) is 3.99. The largest absolute Gasteiger partial charge is 0.497 e. The Balaban J connectivity index is 1.88. The van der Waals surface area contributed by atoms with Crippen molar-refractivity contribution in [3.63, 3.8) is 0 Å². The summed E-state index contributed by atoms with van der Waals surface area (Å²) < 4.78 is 5.11. The molecule has 0 saturated carbocycles. The average molecular weight is 284 g/mol. The van der Waals surface area contributed by atoms with Crippen LogP contribution in [0.15, 0.2) is 42.5 Å². The fraction of sp³-hybridized carbons (Fsp3) is 0.235. The molecule has 2 aromatic rings. The Hall–Kier alpha value is -2.49. The highest BCUT2D eigenvalue weighted by molar-refractivity contribution is 5.99. The molecule has 0 heterocycles.